The molecule has 2 saturated carbocycles. The molecule has 3 saturated heterocycles. The molecule has 3 aliphatic heterocycles. The van der Waals surface area contributed by atoms with E-state index in [9.17, 15) is 0 Å². The SMILES string of the molecule is CN=C(NC1C2CCOC2C12CCC2)N1CCC(CN2CCCCC2)C1. The molecule has 0 bridgehead atoms. The molecule has 0 amide bonds. The molecule has 5 rings (SSSR count). The van der Waals surface area contributed by atoms with Gasteiger partial charge in [-0.25, -0.2) is 0 Å². The van der Waals surface area contributed by atoms with E-state index in [2.05, 4.69) is 20.1 Å². The molecule has 0 aromatic carbocycles. The molecule has 1 N–H and O–H groups in total. The summed E-state index contributed by atoms with van der Waals surface area (Å²) >= 11 is 0. The van der Waals surface area contributed by atoms with Gasteiger partial charge in [0.25, 0.3) is 0 Å². The van der Waals surface area contributed by atoms with E-state index in [1.54, 1.807) is 0 Å². The van der Waals surface area contributed by atoms with Crippen molar-refractivity contribution in [2.24, 2.45) is 22.2 Å². The fourth-order valence-electron chi connectivity index (χ4n) is 6.57. The number of rotatable bonds is 3. The zero-order valence-corrected chi connectivity index (χ0v) is 16.5. The maximum Gasteiger partial charge on any atom is 0.193 e. The van der Waals surface area contributed by atoms with Crippen LogP contribution >= 0.6 is 0 Å². The number of likely N-dealkylation sites (tertiary alicyclic amines) is 2. The predicted octanol–water partition coefficient (Wildman–Crippen LogP) is 2.33. The van der Waals surface area contributed by atoms with Crippen LogP contribution in [0.3, 0.4) is 0 Å². The number of nitrogens with zero attached hydrogens (tertiary/aromatic N) is 3. The molecule has 0 radical (unpaired) electrons. The zero-order chi connectivity index (χ0) is 17.6. The van der Waals surface area contributed by atoms with Gasteiger partial charge in [0.05, 0.1) is 6.10 Å². The van der Waals surface area contributed by atoms with Crippen LogP contribution in [-0.4, -0.2) is 74.3 Å². The minimum absolute atomic E-state index is 0.435. The lowest BCUT2D eigenvalue weighted by Gasteiger charge is -2.63. The molecule has 2 aliphatic carbocycles. The Bertz CT molecular complexity index is 540. The van der Waals surface area contributed by atoms with Crippen LogP contribution in [0.25, 0.3) is 0 Å². The van der Waals surface area contributed by atoms with Crippen molar-refractivity contribution in [3.63, 3.8) is 0 Å². The number of nitrogens with one attached hydrogen (secondary N) is 1. The van der Waals surface area contributed by atoms with Crippen LogP contribution in [0.5, 0.6) is 0 Å². The fourth-order valence-corrected chi connectivity index (χ4v) is 6.57. The first-order chi connectivity index (χ1) is 12.8. The summed E-state index contributed by atoms with van der Waals surface area (Å²) in [6.07, 6.45) is 11.4. The van der Waals surface area contributed by atoms with Crippen LogP contribution in [0.2, 0.25) is 0 Å². The third-order valence-electron chi connectivity index (χ3n) is 8.08. The van der Waals surface area contributed by atoms with Gasteiger partial charge in [-0.1, -0.05) is 12.8 Å². The van der Waals surface area contributed by atoms with Gasteiger partial charge in [-0.15, -0.1) is 0 Å². The van der Waals surface area contributed by atoms with Gasteiger partial charge >= 0.3 is 0 Å². The predicted molar refractivity (Wildman–Crippen MR) is 104 cm³/mol. The Morgan fingerprint density at radius 2 is 1.96 bits per heavy atom. The van der Waals surface area contributed by atoms with Crippen molar-refractivity contribution in [3.05, 3.63) is 0 Å². The largest absolute Gasteiger partial charge is 0.377 e. The van der Waals surface area contributed by atoms with Gasteiger partial charge in [-0.2, -0.15) is 0 Å². The van der Waals surface area contributed by atoms with E-state index in [0.717, 1.165) is 24.4 Å². The Morgan fingerprint density at radius 3 is 2.69 bits per heavy atom. The van der Waals surface area contributed by atoms with Crippen molar-refractivity contribution in [1.29, 1.82) is 0 Å². The molecule has 26 heavy (non-hydrogen) atoms. The maximum atomic E-state index is 6.08. The van der Waals surface area contributed by atoms with Gasteiger partial charge in [0.15, 0.2) is 5.96 Å². The first-order valence-electron chi connectivity index (χ1n) is 11.1. The summed E-state index contributed by atoms with van der Waals surface area (Å²) in [5.74, 6) is 2.69. The molecule has 146 valence electrons. The Balaban J connectivity index is 1.18. The normalized spacial score (nSPS) is 39.6. The molecule has 4 unspecified atom stereocenters. The minimum atomic E-state index is 0.435. The lowest BCUT2D eigenvalue weighted by atomic mass is 9.46. The molecule has 5 fully saturated rings. The van der Waals surface area contributed by atoms with E-state index in [-0.39, 0.29) is 0 Å². The number of guanidine groups is 1. The van der Waals surface area contributed by atoms with Crippen LogP contribution in [0.1, 0.15) is 51.4 Å². The van der Waals surface area contributed by atoms with Crippen molar-refractivity contribution < 1.29 is 4.74 Å². The van der Waals surface area contributed by atoms with Crippen molar-refractivity contribution >= 4 is 5.96 Å². The number of fused-ring (bicyclic) bond motifs is 2. The smallest absolute Gasteiger partial charge is 0.193 e. The van der Waals surface area contributed by atoms with E-state index in [1.165, 1.54) is 84.1 Å². The summed E-state index contributed by atoms with van der Waals surface area (Å²) in [6, 6.07) is 0.601. The second kappa shape index (κ2) is 6.97. The first kappa shape index (κ1) is 17.3. The summed E-state index contributed by atoms with van der Waals surface area (Å²) in [6.45, 7) is 7.24. The van der Waals surface area contributed by atoms with E-state index < -0.39 is 0 Å². The highest BCUT2D eigenvalue weighted by molar-refractivity contribution is 5.81. The van der Waals surface area contributed by atoms with Crippen molar-refractivity contribution in [1.82, 2.24) is 15.1 Å². The Kier molecular flexibility index (Phi) is 4.64. The van der Waals surface area contributed by atoms with Crippen molar-refractivity contribution in [2.75, 3.05) is 46.4 Å². The molecular weight excluding hydrogens is 324 g/mol. The summed E-state index contributed by atoms with van der Waals surface area (Å²) in [7, 11) is 1.97. The van der Waals surface area contributed by atoms with Gasteiger partial charge in [0, 0.05) is 50.7 Å². The quantitative estimate of drug-likeness (QED) is 0.619. The van der Waals surface area contributed by atoms with Gasteiger partial charge < -0.3 is 19.9 Å². The highest BCUT2D eigenvalue weighted by atomic mass is 16.5. The topological polar surface area (TPSA) is 40.1 Å². The molecule has 1 spiro atoms. The summed E-state index contributed by atoms with van der Waals surface area (Å²) in [5.41, 5.74) is 0.435. The van der Waals surface area contributed by atoms with E-state index in [1.807, 2.05) is 7.05 Å². The average molecular weight is 361 g/mol. The van der Waals surface area contributed by atoms with Gasteiger partial charge in [0.2, 0.25) is 0 Å². The molecule has 0 aromatic heterocycles. The van der Waals surface area contributed by atoms with E-state index in [0.29, 0.717) is 17.6 Å². The first-order valence-corrected chi connectivity index (χ1v) is 11.1. The average Bonchev–Trinajstić information content (AvgIpc) is 3.24. The zero-order valence-electron chi connectivity index (χ0n) is 16.5. The molecule has 0 aromatic rings. The molecular formula is C21H36N4O. The molecule has 5 nitrogen and oxygen atoms in total. The monoisotopic (exact) mass is 360 g/mol. The lowest BCUT2D eigenvalue weighted by molar-refractivity contribution is -0.171. The van der Waals surface area contributed by atoms with Crippen molar-refractivity contribution in [2.45, 2.75) is 63.5 Å². The van der Waals surface area contributed by atoms with Gasteiger partial charge in [0.1, 0.15) is 0 Å². The highest BCUT2D eigenvalue weighted by Crippen LogP contribution is 2.62. The molecule has 4 atom stereocenters. The third kappa shape index (κ3) is 2.77. The molecule has 3 heterocycles. The number of hydrogen-bond acceptors (Lipinski definition) is 3. The summed E-state index contributed by atoms with van der Waals surface area (Å²) < 4.78 is 6.08. The lowest BCUT2D eigenvalue weighted by Crippen LogP contribution is -2.72. The van der Waals surface area contributed by atoms with E-state index in [4.69, 9.17) is 4.74 Å². The Morgan fingerprint density at radius 1 is 1.12 bits per heavy atom. The van der Waals surface area contributed by atoms with E-state index >= 15 is 0 Å². The fraction of sp³-hybridized carbons (Fsp3) is 0.952. The number of piperidine rings is 1. The Hall–Kier alpha value is -0.810. The summed E-state index contributed by atoms with van der Waals surface area (Å²) in [4.78, 5) is 9.92. The van der Waals surface area contributed by atoms with Crippen LogP contribution in [-0.2, 0) is 4.74 Å². The number of aliphatic imine (C=N–C) groups is 1. The Labute approximate surface area is 158 Å². The highest BCUT2D eigenvalue weighted by Gasteiger charge is 2.66. The van der Waals surface area contributed by atoms with Crippen LogP contribution in [0.15, 0.2) is 4.99 Å². The van der Waals surface area contributed by atoms with Gasteiger partial charge in [-0.3, -0.25) is 4.99 Å². The molecule has 5 aliphatic rings. The maximum absolute atomic E-state index is 6.08. The van der Waals surface area contributed by atoms with Crippen molar-refractivity contribution in [3.8, 4) is 0 Å². The standard InChI is InChI=1S/C21H36N4O/c1-22-20(23-18-17-7-13-26-19(17)21(18)8-5-9-21)25-12-6-16(15-25)14-24-10-3-2-4-11-24/h16-19H,2-15H2,1H3,(H,22,23). The van der Waals surface area contributed by atoms with Gasteiger partial charge in [-0.05, 0) is 57.5 Å². The summed E-state index contributed by atoms with van der Waals surface area (Å²) in [5, 5.41) is 3.92. The number of hydrogen-bond donors (Lipinski definition) is 1. The molecule has 5 heteroatoms. The van der Waals surface area contributed by atoms with Crippen LogP contribution in [0, 0.1) is 17.3 Å². The van der Waals surface area contributed by atoms with Crippen LogP contribution < -0.4 is 5.32 Å². The minimum Gasteiger partial charge on any atom is -0.377 e. The second-order valence-corrected chi connectivity index (χ2v) is 9.46. The van der Waals surface area contributed by atoms with Crippen LogP contribution in [0.4, 0.5) is 0 Å². The third-order valence-corrected chi connectivity index (χ3v) is 8.08. The second-order valence-electron chi connectivity index (χ2n) is 9.46. The number of ether oxygens (including phenoxy) is 1.